The SMILES string of the molecule is Cc1ccc(/C=C/C(=O)Nc2cccc(-n3cnnn3)c2)c(Br)c1. The molecule has 0 aliphatic rings. The number of anilines is 1. The highest BCUT2D eigenvalue weighted by Gasteiger charge is 2.03. The average molecular weight is 384 g/mol. The molecule has 0 fully saturated rings. The summed E-state index contributed by atoms with van der Waals surface area (Å²) in [6, 6.07) is 13.2. The highest BCUT2D eigenvalue weighted by atomic mass is 79.9. The van der Waals surface area contributed by atoms with Gasteiger partial charge in [0.15, 0.2) is 0 Å². The summed E-state index contributed by atoms with van der Waals surface area (Å²) in [5.74, 6) is -0.212. The molecule has 3 rings (SSSR count). The van der Waals surface area contributed by atoms with E-state index in [1.54, 1.807) is 18.2 Å². The smallest absolute Gasteiger partial charge is 0.248 e. The van der Waals surface area contributed by atoms with Gasteiger partial charge in [0.05, 0.1) is 5.69 Å². The highest BCUT2D eigenvalue weighted by molar-refractivity contribution is 9.10. The van der Waals surface area contributed by atoms with Gasteiger partial charge in [0.1, 0.15) is 6.33 Å². The molecule has 0 radical (unpaired) electrons. The van der Waals surface area contributed by atoms with E-state index in [0.29, 0.717) is 5.69 Å². The number of carbonyl (C=O) groups is 1. The molecule has 120 valence electrons. The topological polar surface area (TPSA) is 72.7 Å². The Labute approximate surface area is 147 Å². The summed E-state index contributed by atoms with van der Waals surface area (Å²) in [5, 5.41) is 13.8. The zero-order valence-electron chi connectivity index (χ0n) is 12.8. The van der Waals surface area contributed by atoms with Crippen LogP contribution in [0.2, 0.25) is 0 Å². The predicted molar refractivity (Wildman–Crippen MR) is 95.7 cm³/mol. The fraction of sp³-hybridized carbons (Fsp3) is 0.0588. The molecule has 0 unspecified atom stereocenters. The predicted octanol–water partition coefficient (Wildman–Crippen LogP) is 3.39. The highest BCUT2D eigenvalue weighted by Crippen LogP contribution is 2.20. The molecule has 6 nitrogen and oxygen atoms in total. The van der Waals surface area contributed by atoms with E-state index in [1.807, 2.05) is 37.3 Å². The summed E-state index contributed by atoms with van der Waals surface area (Å²) in [6.07, 6.45) is 4.76. The standard InChI is InChI=1S/C17H14BrN5O/c1-12-5-6-13(16(18)9-12)7-8-17(24)20-14-3-2-4-15(10-14)23-11-19-21-22-23/h2-11H,1H3,(H,20,24)/b8-7+. The van der Waals surface area contributed by atoms with Crippen molar-refractivity contribution in [1.82, 2.24) is 20.2 Å². The number of carbonyl (C=O) groups excluding carboxylic acids is 1. The number of amides is 1. The molecule has 0 saturated heterocycles. The first-order valence-corrected chi connectivity index (χ1v) is 8.00. The number of aromatic nitrogens is 4. The Balaban J connectivity index is 1.71. The summed E-state index contributed by atoms with van der Waals surface area (Å²) < 4.78 is 2.47. The van der Waals surface area contributed by atoms with Crippen molar-refractivity contribution in [2.45, 2.75) is 6.92 Å². The Morgan fingerprint density at radius 3 is 2.88 bits per heavy atom. The third-order valence-electron chi connectivity index (χ3n) is 3.30. The molecule has 7 heteroatoms. The molecule has 0 bridgehead atoms. The minimum atomic E-state index is -0.212. The number of nitrogens with zero attached hydrogens (tertiary/aromatic N) is 4. The molecule has 0 saturated carbocycles. The van der Waals surface area contributed by atoms with Crippen molar-refractivity contribution < 1.29 is 4.79 Å². The van der Waals surface area contributed by atoms with Gasteiger partial charge >= 0.3 is 0 Å². The van der Waals surface area contributed by atoms with Crippen LogP contribution in [0.1, 0.15) is 11.1 Å². The van der Waals surface area contributed by atoms with E-state index in [9.17, 15) is 4.79 Å². The third-order valence-corrected chi connectivity index (χ3v) is 3.98. The Kier molecular flexibility index (Phi) is 4.81. The van der Waals surface area contributed by atoms with Crippen molar-refractivity contribution in [2.75, 3.05) is 5.32 Å². The lowest BCUT2D eigenvalue weighted by Crippen LogP contribution is -2.08. The van der Waals surface area contributed by atoms with E-state index in [4.69, 9.17) is 0 Å². The van der Waals surface area contributed by atoms with Gasteiger partial charge in [-0.25, -0.2) is 4.68 Å². The van der Waals surface area contributed by atoms with Gasteiger partial charge in [-0.1, -0.05) is 34.1 Å². The van der Waals surface area contributed by atoms with Gasteiger partial charge in [0, 0.05) is 16.2 Å². The fourth-order valence-electron chi connectivity index (χ4n) is 2.12. The van der Waals surface area contributed by atoms with Gasteiger partial charge in [-0.15, -0.1) is 5.10 Å². The lowest BCUT2D eigenvalue weighted by atomic mass is 10.1. The number of benzene rings is 2. The van der Waals surface area contributed by atoms with Crippen molar-refractivity contribution in [1.29, 1.82) is 0 Å². The number of aryl methyl sites for hydroxylation is 1. The molecule has 0 aliphatic heterocycles. The maximum Gasteiger partial charge on any atom is 0.248 e. The summed E-state index contributed by atoms with van der Waals surface area (Å²) in [4.78, 5) is 12.1. The molecule has 0 atom stereocenters. The van der Waals surface area contributed by atoms with E-state index in [-0.39, 0.29) is 5.91 Å². The third kappa shape index (κ3) is 3.94. The second-order valence-electron chi connectivity index (χ2n) is 5.15. The molecule has 0 aliphatic carbocycles. The molecule has 2 aromatic carbocycles. The van der Waals surface area contributed by atoms with Gasteiger partial charge in [0.25, 0.3) is 0 Å². The number of hydrogen-bond acceptors (Lipinski definition) is 4. The van der Waals surface area contributed by atoms with Crippen molar-refractivity contribution in [3.63, 3.8) is 0 Å². The molecule has 0 spiro atoms. The summed E-state index contributed by atoms with van der Waals surface area (Å²) >= 11 is 3.49. The molecule has 1 heterocycles. The first kappa shape index (κ1) is 16.1. The number of rotatable bonds is 4. The van der Waals surface area contributed by atoms with Crippen LogP contribution in [0, 0.1) is 6.92 Å². The van der Waals surface area contributed by atoms with Crippen molar-refractivity contribution >= 4 is 33.6 Å². The van der Waals surface area contributed by atoms with Crippen LogP contribution in [0.3, 0.4) is 0 Å². The van der Waals surface area contributed by atoms with Gasteiger partial charge in [0.2, 0.25) is 5.91 Å². The van der Waals surface area contributed by atoms with Crippen LogP contribution in [0.15, 0.2) is 59.3 Å². The number of tetrazole rings is 1. The lowest BCUT2D eigenvalue weighted by Gasteiger charge is -2.05. The molecule has 3 aromatic rings. The van der Waals surface area contributed by atoms with Crippen LogP contribution in [-0.4, -0.2) is 26.1 Å². The van der Waals surface area contributed by atoms with Crippen molar-refractivity contribution in [2.24, 2.45) is 0 Å². The maximum absolute atomic E-state index is 12.1. The van der Waals surface area contributed by atoms with E-state index >= 15 is 0 Å². The molecular weight excluding hydrogens is 370 g/mol. The molecule has 1 amide bonds. The summed E-state index contributed by atoms with van der Waals surface area (Å²) in [6.45, 7) is 2.02. The van der Waals surface area contributed by atoms with Crippen LogP contribution in [-0.2, 0) is 4.79 Å². The molecule has 1 aromatic heterocycles. The van der Waals surface area contributed by atoms with Gasteiger partial charge < -0.3 is 5.32 Å². The average Bonchev–Trinajstić information content (AvgIpc) is 3.09. The minimum absolute atomic E-state index is 0.212. The zero-order chi connectivity index (χ0) is 16.9. The van der Waals surface area contributed by atoms with Crippen LogP contribution in [0.4, 0.5) is 5.69 Å². The van der Waals surface area contributed by atoms with E-state index < -0.39 is 0 Å². The Hall–Kier alpha value is -2.80. The van der Waals surface area contributed by atoms with Crippen LogP contribution in [0.25, 0.3) is 11.8 Å². The summed E-state index contributed by atoms with van der Waals surface area (Å²) in [7, 11) is 0. The second-order valence-corrected chi connectivity index (χ2v) is 6.01. The first-order valence-electron chi connectivity index (χ1n) is 7.20. The van der Waals surface area contributed by atoms with E-state index in [0.717, 1.165) is 21.3 Å². The molecule has 24 heavy (non-hydrogen) atoms. The minimum Gasteiger partial charge on any atom is -0.322 e. The Morgan fingerprint density at radius 1 is 1.25 bits per heavy atom. The van der Waals surface area contributed by atoms with Crippen molar-refractivity contribution in [3.05, 3.63) is 70.5 Å². The fourth-order valence-corrected chi connectivity index (χ4v) is 2.75. The molecular formula is C17H14BrN5O. The zero-order valence-corrected chi connectivity index (χ0v) is 14.4. The van der Waals surface area contributed by atoms with Gasteiger partial charge in [-0.05, 0) is 58.8 Å². The molecule has 1 N–H and O–H groups in total. The van der Waals surface area contributed by atoms with Crippen molar-refractivity contribution in [3.8, 4) is 5.69 Å². The van der Waals surface area contributed by atoms with Crippen LogP contribution < -0.4 is 5.32 Å². The van der Waals surface area contributed by atoms with E-state index in [1.165, 1.54) is 17.1 Å². The van der Waals surface area contributed by atoms with Gasteiger partial charge in [-0.2, -0.15) is 0 Å². The number of hydrogen-bond donors (Lipinski definition) is 1. The number of halogens is 1. The normalized spacial score (nSPS) is 10.9. The largest absolute Gasteiger partial charge is 0.322 e. The Bertz CT molecular complexity index is 890. The van der Waals surface area contributed by atoms with Gasteiger partial charge in [-0.3, -0.25) is 4.79 Å². The first-order chi connectivity index (χ1) is 11.6. The lowest BCUT2D eigenvalue weighted by molar-refractivity contribution is -0.111. The monoisotopic (exact) mass is 383 g/mol. The maximum atomic E-state index is 12.1. The quantitative estimate of drug-likeness (QED) is 0.700. The van der Waals surface area contributed by atoms with Crippen LogP contribution >= 0.6 is 15.9 Å². The second kappa shape index (κ2) is 7.18. The Morgan fingerprint density at radius 2 is 2.12 bits per heavy atom. The number of nitrogens with one attached hydrogen (secondary N) is 1. The van der Waals surface area contributed by atoms with E-state index in [2.05, 4.69) is 36.8 Å². The van der Waals surface area contributed by atoms with Crippen LogP contribution in [0.5, 0.6) is 0 Å². The summed E-state index contributed by atoms with van der Waals surface area (Å²) in [5.41, 5.74) is 3.53.